The Hall–Kier alpha value is -2.71. The molecule has 2 nitrogen and oxygen atoms in total. The van der Waals surface area contributed by atoms with E-state index < -0.39 is 0 Å². The molecule has 0 aliphatic rings. The van der Waals surface area contributed by atoms with Crippen molar-refractivity contribution in [3.8, 4) is 22.6 Å². The summed E-state index contributed by atoms with van der Waals surface area (Å²) >= 11 is 0. The Balaban J connectivity index is 0.00000156. The average Bonchev–Trinajstić information content (AvgIpc) is 2.56. The van der Waals surface area contributed by atoms with Crippen LogP contribution < -0.4 is 0 Å². The Bertz CT molecular complexity index is 925. The van der Waals surface area contributed by atoms with E-state index in [-0.39, 0.29) is 23.9 Å². The van der Waals surface area contributed by atoms with Gasteiger partial charge in [0, 0.05) is 11.1 Å². The summed E-state index contributed by atoms with van der Waals surface area (Å²) < 4.78 is 0. The fourth-order valence-electron chi connectivity index (χ4n) is 3.05. The van der Waals surface area contributed by atoms with E-state index in [0.717, 1.165) is 21.5 Å². The predicted molar refractivity (Wildman–Crippen MR) is 97.5 cm³/mol. The highest BCUT2D eigenvalue weighted by Gasteiger charge is 2.16. The third-order valence-electron chi connectivity index (χ3n) is 4.06. The zero-order chi connectivity index (χ0) is 15.1. The molecule has 4 rings (SSSR count). The van der Waals surface area contributed by atoms with Crippen LogP contribution in [0, 0.1) is 0 Å². The van der Waals surface area contributed by atoms with Gasteiger partial charge in [-0.1, -0.05) is 60.7 Å². The van der Waals surface area contributed by atoms with Crippen molar-refractivity contribution < 1.29 is 10.2 Å². The van der Waals surface area contributed by atoms with Crippen LogP contribution in [-0.2, 0) is 0 Å². The molecule has 0 atom stereocenters. The van der Waals surface area contributed by atoms with Crippen LogP contribution in [0.3, 0.4) is 0 Å². The van der Waals surface area contributed by atoms with E-state index in [1.165, 1.54) is 0 Å². The molecule has 4 aromatic rings. The van der Waals surface area contributed by atoms with E-state index in [0.29, 0.717) is 11.1 Å². The van der Waals surface area contributed by atoms with Crippen LogP contribution in [0.5, 0.6) is 11.5 Å². The summed E-state index contributed by atoms with van der Waals surface area (Å²) in [7, 11) is 0. The third kappa shape index (κ3) is 2.37. The number of phenolic OH excluding ortho intramolecular Hbond substituents is 2. The number of hydrogen-bond acceptors (Lipinski definition) is 2. The van der Waals surface area contributed by atoms with Gasteiger partial charge < -0.3 is 10.2 Å². The van der Waals surface area contributed by atoms with Crippen molar-refractivity contribution in [2.24, 2.45) is 0 Å². The van der Waals surface area contributed by atoms with Gasteiger partial charge in [0.05, 0.1) is 0 Å². The van der Waals surface area contributed by atoms with Crippen molar-refractivity contribution >= 4 is 34.0 Å². The van der Waals surface area contributed by atoms with Crippen molar-refractivity contribution in [3.63, 3.8) is 0 Å². The summed E-state index contributed by atoms with van der Waals surface area (Å²) in [5.41, 5.74) is 1.35. The van der Waals surface area contributed by atoms with Gasteiger partial charge in [0.25, 0.3) is 0 Å². The summed E-state index contributed by atoms with van der Waals surface area (Å²) in [4.78, 5) is 0. The van der Waals surface area contributed by atoms with Gasteiger partial charge in [-0.2, -0.15) is 0 Å². The molecule has 0 radical (unpaired) electrons. The smallest absolute Gasteiger partial charge is 0.124 e. The fourth-order valence-corrected chi connectivity index (χ4v) is 3.05. The van der Waals surface area contributed by atoms with Gasteiger partial charge in [-0.15, -0.1) is 12.4 Å². The minimum absolute atomic E-state index is 0. The van der Waals surface area contributed by atoms with Crippen LogP contribution in [0.4, 0.5) is 0 Å². The first-order chi connectivity index (χ1) is 10.8. The highest BCUT2D eigenvalue weighted by Crippen LogP contribution is 2.44. The van der Waals surface area contributed by atoms with Crippen LogP contribution in [0.15, 0.2) is 72.8 Å². The van der Waals surface area contributed by atoms with Crippen molar-refractivity contribution in [2.45, 2.75) is 0 Å². The molecule has 0 aromatic heterocycles. The normalized spacial score (nSPS) is 10.6. The SMILES string of the molecule is Cl.Oc1ccc2ccccc2c1-c1c(O)ccc2ccccc12. The van der Waals surface area contributed by atoms with E-state index >= 15 is 0 Å². The Labute approximate surface area is 140 Å². The van der Waals surface area contributed by atoms with Crippen LogP contribution in [0.25, 0.3) is 32.7 Å². The summed E-state index contributed by atoms with van der Waals surface area (Å²) in [6, 6.07) is 22.9. The molecule has 0 aliphatic heterocycles. The van der Waals surface area contributed by atoms with Gasteiger partial charge in [0.2, 0.25) is 0 Å². The third-order valence-corrected chi connectivity index (χ3v) is 4.06. The summed E-state index contributed by atoms with van der Waals surface area (Å²) in [5.74, 6) is 0.343. The number of rotatable bonds is 1. The lowest BCUT2D eigenvalue weighted by molar-refractivity contribution is 0.470. The number of halogens is 1. The van der Waals surface area contributed by atoms with Crippen LogP contribution in [0.2, 0.25) is 0 Å². The Morgan fingerprint density at radius 1 is 0.478 bits per heavy atom. The molecule has 0 spiro atoms. The highest BCUT2D eigenvalue weighted by molar-refractivity contribution is 6.09. The second kappa shape index (κ2) is 5.82. The van der Waals surface area contributed by atoms with Crippen molar-refractivity contribution in [3.05, 3.63) is 72.8 Å². The number of phenols is 2. The Morgan fingerprint density at radius 2 is 0.870 bits per heavy atom. The zero-order valence-corrected chi connectivity index (χ0v) is 13.0. The van der Waals surface area contributed by atoms with Gasteiger partial charge in [0.1, 0.15) is 11.5 Å². The molecule has 0 saturated carbocycles. The highest BCUT2D eigenvalue weighted by atomic mass is 35.5. The first-order valence-electron chi connectivity index (χ1n) is 7.17. The lowest BCUT2D eigenvalue weighted by atomic mass is 9.92. The van der Waals surface area contributed by atoms with E-state index in [2.05, 4.69) is 0 Å². The lowest BCUT2D eigenvalue weighted by Crippen LogP contribution is -1.86. The Kier molecular flexibility index (Phi) is 3.85. The van der Waals surface area contributed by atoms with Gasteiger partial charge in [-0.3, -0.25) is 0 Å². The number of hydrogen-bond donors (Lipinski definition) is 2. The predicted octanol–water partition coefficient (Wildman–Crippen LogP) is 5.49. The van der Waals surface area contributed by atoms with Gasteiger partial charge in [0.15, 0.2) is 0 Å². The maximum absolute atomic E-state index is 10.4. The van der Waals surface area contributed by atoms with Crippen molar-refractivity contribution in [1.82, 2.24) is 0 Å². The zero-order valence-electron chi connectivity index (χ0n) is 12.2. The van der Waals surface area contributed by atoms with E-state index in [4.69, 9.17) is 0 Å². The minimum Gasteiger partial charge on any atom is -0.507 e. The molecule has 0 unspecified atom stereocenters. The molecule has 0 saturated heterocycles. The standard InChI is InChI=1S/C20H14O2.ClH/c21-17-11-9-13-5-1-3-7-15(13)19(17)20-16-8-4-2-6-14(16)10-12-18(20)22;/h1-12,21-22H;1H. The largest absolute Gasteiger partial charge is 0.507 e. The molecule has 4 aromatic carbocycles. The van der Waals surface area contributed by atoms with Crippen molar-refractivity contribution in [1.29, 1.82) is 0 Å². The molecule has 0 heterocycles. The maximum Gasteiger partial charge on any atom is 0.124 e. The average molecular weight is 323 g/mol. The Morgan fingerprint density at radius 3 is 1.30 bits per heavy atom. The summed E-state index contributed by atoms with van der Waals surface area (Å²) in [6.45, 7) is 0. The molecule has 0 aliphatic carbocycles. The summed E-state index contributed by atoms with van der Waals surface area (Å²) in [6.07, 6.45) is 0. The molecule has 114 valence electrons. The van der Waals surface area contributed by atoms with E-state index in [1.807, 2.05) is 60.7 Å². The molecule has 3 heteroatoms. The molecule has 0 fully saturated rings. The first kappa shape index (κ1) is 15.2. The monoisotopic (exact) mass is 322 g/mol. The van der Waals surface area contributed by atoms with Crippen molar-refractivity contribution in [2.75, 3.05) is 0 Å². The number of aromatic hydroxyl groups is 2. The summed E-state index contributed by atoms with van der Waals surface area (Å²) in [5, 5.41) is 24.8. The molecular formula is C20H15ClO2. The molecule has 0 amide bonds. The molecule has 23 heavy (non-hydrogen) atoms. The molecule has 2 N–H and O–H groups in total. The van der Waals surface area contributed by atoms with E-state index in [1.54, 1.807) is 12.1 Å². The second-order valence-electron chi connectivity index (χ2n) is 5.36. The number of fused-ring (bicyclic) bond motifs is 2. The van der Waals surface area contributed by atoms with Gasteiger partial charge in [-0.05, 0) is 33.7 Å². The maximum atomic E-state index is 10.4. The fraction of sp³-hybridized carbons (Fsp3) is 0. The van der Waals surface area contributed by atoms with Crippen LogP contribution in [0.1, 0.15) is 0 Å². The van der Waals surface area contributed by atoms with Gasteiger partial charge in [-0.25, -0.2) is 0 Å². The molecular weight excluding hydrogens is 308 g/mol. The van der Waals surface area contributed by atoms with Crippen LogP contribution in [-0.4, -0.2) is 10.2 Å². The van der Waals surface area contributed by atoms with Gasteiger partial charge >= 0.3 is 0 Å². The number of benzene rings is 4. The van der Waals surface area contributed by atoms with Crippen LogP contribution >= 0.6 is 12.4 Å². The lowest BCUT2D eigenvalue weighted by Gasteiger charge is -2.14. The quantitative estimate of drug-likeness (QED) is 0.486. The first-order valence-corrected chi connectivity index (χ1v) is 7.17. The minimum atomic E-state index is 0. The molecule has 0 bridgehead atoms. The second-order valence-corrected chi connectivity index (χ2v) is 5.36. The van der Waals surface area contributed by atoms with E-state index in [9.17, 15) is 10.2 Å². The topological polar surface area (TPSA) is 40.5 Å².